The highest BCUT2D eigenvalue weighted by molar-refractivity contribution is 5.40. The van der Waals surface area contributed by atoms with Gasteiger partial charge in [-0.25, -0.2) is 0 Å². The standard InChI is InChI=1S/C10H14O2.C2H6.C2H2/c1-4-8-5-6-9(11-2)7-10(8)12-3;2*1-2/h5-7H,4H2,1-3H3;1-2H3;1-2H. The molecule has 2 nitrogen and oxygen atoms in total. The van der Waals surface area contributed by atoms with E-state index >= 15 is 0 Å². The first-order valence-electron chi connectivity index (χ1n) is 5.36. The van der Waals surface area contributed by atoms with Gasteiger partial charge in [0.2, 0.25) is 0 Å². The lowest BCUT2D eigenvalue weighted by atomic mass is 10.1. The minimum Gasteiger partial charge on any atom is -0.497 e. The number of rotatable bonds is 3. The minimum absolute atomic E-state index is 0.837. The van der Waals surface area contributed by atoms with Gasteiger partial charge in [-0.15, -0.1) is 12.8 Å². The molecule has 0 aliphatic rings. The van der Waals surface area contributed by atoms with E-state index in [2.05, 4.69) is 19.8 Å². The van der Waals surface area contributed by atoms with Crippen molar-refractivity contribution in [3.63, 3.8) is 0 Å². The second kappa shape index (κ2) is 11.5. The Labute approximate surface area is 99.6 Å². The molecule has 2 heteroatoms. The molecule has 0 N–H and O–H groups in total. The van der Waals surface area contributed by atoms with Crippen molar-refractivity contribution in [1.82, 2.24) is 0 Å². The summed E-state index contributed by atoms with van der Waals surface area (Å²) in [5, 5.41) is 0. The number of hydrogen-bond acceptors (Lipinski definition) is 2. The third-order valence-electron chi connectivity index (χ3n) is 1.88. The van der Waals surface area contributed by atoms with Crippen LogP contribution in [-0.4, -0.2) is 14.2 Å². The second-order valence-electron chi connectivity index (χ2n) is 2.53. The zero-order chi connectivity index (χ0) is 13.0. The van der Waals surface area contributed by atoms with Crippen molar-refractivity contribution in [2.24, 2.45) is 0 Å². The Balaban J connectivity index is 0. The van der Waals surface area contributed by atoms with Gasteiger partial charge in [0, 0.05) is 6.07 Å². The van der Waals surface area contributed by atoms with Crippen LogP contribution in [0.25, 0.3) is 0 Å². The fraction of sp³-hybridized carbons (Fsp3) is 0.429. The van der Waals surface area contributed by atoms with Crippen molar-refractivity contribution in [1.29, 1.82) is 0 Å². The first-order valence-corrected chi connectivity index (χ1v) is 5.36. The average molecular weight is 222 g/mol. The zero-order valence-electron chi connectivity index (χ0n) is 10.9. The first kappa shape index (κ1) is 16.8. The molecule has 90 valence electrons. The van der Waals surface area contributed by atoms with E-state index in [0.717, 1.165) is 17.9 Å². The van der Waals surface area contributed by atoms with E-state index < -0.39 is 0 Å². The van der Waals surface area contributed by atoms with Gasteiger partial charge in [0.25, 0.3) is 0 Å². The summed E-state index contributed by atoms with van der Waals surface area (Å²) >= 11 is 0. The molecule has 1 aromatic carbocycles. The Morgan fingerprint density at radius 1 is 1.06 bits per heavy atom. The van der Waals surface area contributed by atoms with Crippen molar-refractivity contribution in [3.8, 4) is 24.3 Å². The topological polar surface area (TPSA) is 18.5 Å². The number of methoxy groups -OCH3 is 2. The van der Waals surface area contributed by atoms with E-state index in [0.29, 0.717) is 0 Å². The molecule has 0 aliphatic carbocycles. The van der Waals surface area contributed by atoms with E-state index in [4.69, 9.17) is 9.47 Å². The highest BCUT2D eigenvalue weighted by Crippen LogP contribution is 2.24. The van der Waals surface area contributed by atoms with Crippen LogP contribution in [-0.2, 0) is 6.42 Å². The normalized spacial score (nSPS) is 7.69. The van der Waals surface area contributed by atoms with Crippen LogP contribution in [0.3, 0.4) is 0 Å². The molecule has 0 bridgehead atoms. The predicted molar refractivity (Wildman–Crippen MR) is 70.2 cm³/mol. The molecule has 0 heterocycles. The Hall–Kier alpha value is -1.62. The molecule has 0 saturated carbocycles. The van der Waals surface area contributed by atoms with Gasteiger partial charge in [0.05, 0.1) is 14.2 Å². The molecule has 0 amide bonds. The van der Waals surface area contributed by atoms with Crippen LogP contribution < -0.4 is 9.47 Å². The highest BCUT2D eigenvalue weighted by atomic mass is 16.5. The van der Waals surface area contributed by atoms with Gasteiger partial charge >= 0.3 is 0 Å². The molecule has 1 aromatic rings. The Morgan fingerprint density at radius 3 is 2.00 bits per heavy atom. The fourth-order valence-corrected chi connectivity index (χ4v) is 1.14. The summed E-state index contributed by atoms with van der Waals surface area (Å²) in [6, 6.07) is 5.87. The van der Waals surface area contributed by atoms with Crippen molar-refractivity contribution in [3.05, 3.63) is 23.8 Å². The summed E-state index contributed by atoms with van der Waals surface area (Å²) in [7, 11) is 3.33. The van der Waals surface area contributed by atoms with Crippen LogP contribution >= 0.6 is 0 Å². The van der Waals surface area contributed by atoms with Crippen LogP contribution in [0.15, 0.2) is 18.2 Å². The Kier molecular flexibility index (Phi) is 12.0. The summed E-state index contributed by atoms with van der Waals surface area (Å²) in [5.74, 6) is 1.74. The summed E-state index contributed by atoms with van der Waals surface area (Å²) in [4.78, 5) is 0. The number of benzene rings is 1. The zero-order valence-corrected chi connectivity index (χ0v) is 10.9. The molecule has 0 saturated heterocycles. The predicted octanol–water partition coefficient (Wildman–Crippen LogP) is 3.54. The maximum atomic E-state index is 5.20. The molecular formula is C14H22O2. The number of hydrogen-bond donors (Lipinski definition) is 0. The van der Waals surface area contributed by atoms with Gasteiger partial charge in [0.1, 0.15) is 11.5 Å². The van der Waals surface area contributed by atoms with E-state index in [1.807, 2.05) is 32.0 Å². The van der Waals surface area contributed by atoms with E-state index in [9.17, 15) is 0 Å². The van der Waals surface area contributed by atoms with Gasteiger partial charge in [-0.3, -0.25) is 0 Å². The van der Waals surface area contributed by atoms with E-state index in [1.54, 1.807) is 14.2 Å². The largest absolute Gasteiger partial charge is 0.497 e. The van der Waals surface area contributed by atoms with E-state index in [-0.39, 0.29) is 0 Å². The summed E-state index contributed by atoms with van der Waals surface area (Å²) in [6.07, 6.45) is 8.98. The molecule has 16 heavy (non-hydrogen) atoms. The third-order valence-corrected chi connectivity index (χ3v) is 1.88. The highest BCUT2D eigenvalue weighted by Gasteiger charge is 2.01. The summed E-state index contributed by atoms with van der Waals surface area (Å²) in [6.45, 7) is 6.10. The molecule has 0 atom stereocenters. The molecule has 0 spiro atoms. The summed E-state index contributed by atoms with van der Waals surface area (Å²) < 4.78 is 10.3. The maximum absolute atomic E-state index is 5.20. The lowest BCUT2D eigenvalue weighted by molar-refractivity contribution is 0.391. The van der Waals surface area contributed by atoms with Gasteiger partial charge in [-0.1, -0.05) is 26.8 Å². The van der Waals surface area contributed by atoms with Crippen LogP contribution in [0.2, 0.25) is 0 Å². The van der Waals surface area contributed by atoms with Gasteiger partial charge in [-0.05, 0) is 18.1 Å². The lowest BCUT2D eigenvalue weighted by Crippen LogP contribution is -1.91. The smallest absolute Gasteiger partial charge is 0.125 e. The quantitative estimate of drug-likeness (QED) is 0.728. The van der Waals surface area contributed by atoms with E-state index in [1.165, 1.54) is 5.56 Å². The van der Waals surface area contributed by atoms with Crippen molar-refractivity contribution in [2.75, 3.05) is 14.2 Å². The third kappa shape index (κ3) is 5.31. The molecule has 0 aromatic heterocycles. The van der Waals surface area contributed by atoms with Gasteiger partial charge < -0.3 is 9.47 Å². The minimum atomic E-state index is 0.837. The second-order valence-corrected chi connectivity index (χ2v) is 2.53. The first-order chi connectivity index (χ1) is 7.81. The van der Waals surface area contributed by atoms with Crippen LogP contribution in [0.5, 0.6) is 11.5 Å². The molecule has 0 fully saturated rings. The van der Waals surface area contributed by atoms with Gasteiger partial charge in [-0.2, -0.15) is 0 Å². The van der Waals surface area contributed by atoms with Crippen molar-refractivity contribution < 1.29 is 9.47 Å². The van der Waals surface area contributed by atoms with Crippen molar-refractivity contribution in [2.45, 2.75) is 27.2 Å². The number of ether oxygens (including phenoxy) is 2. The molecule has 0 radical (unpaired) electrons. The Morgan fingerprint density at radius 2 is 1.62 bits per heavy atom. The molecule has 0 unspecified atom stereocenters. The maximum Gasteiger partial charge on any atom is 0.125 e. The molecule has 0 aliphatic heterocycles. The number of terminal acetylenes is 1. The summed E-state index contributed by atoms with van der Waals surface area (Å²) in [5.41, 5.74) is 1.21. The molecular weight excluding hydrogens is 200 g/mol. The fourth-order valence-electron chi connectivity index (χ4n) is 1.14. The SMILES string of the molecule is C#C.CC.CCc1ccc(OC)cc1OC. The van der Waals surface area contributed by atoms with Gasteiger partial charge in [0.15, 0.2) is 0 Å². The molecule has 1 rings (SSSR count). The van der Waals surface area contributed by atoms with Crippen molar-refractivity contribution >= 4 is 0 Å². The van der Waals surface area contributed by atoms with Crippen LogP contribution in [0.1, 0.15) is 26.3 Å². The van der Waals surface area contributed by atoms with Crippen LogP contribution in [0.4, 0.5) is 0 Å². The Bertz CT molecular complexity index is 290. The van der Waals surface area contributed by atoms with Crippen LogP contribution in [0, 0.1) is 12.8 Å². The number of aryl methyl sites for hydroxylation is 1. The lowest BCUT2D eigenvalue weighted by Gasteiger charge is -2.07. The monoisotopic (exact) mass is 222 g/mol. The average Bonchev–Trinajstić information content (AvgIpc) is 2.42.